The third-order valence-electron chi connectivity index (χ3n) is 3.23. The standard InChI is InChI=1S/C17H16FN3O2/c1-21(11-13-5-3-4-12(8-13)10-19)17(22)20-15-7-6-14(18)9-16(15)23-2/h3-9H,11H2,1-2H3,(H,20,22). The van der Waals surface area contributed by atoms with Gasteiger partial charge in [-0.3, -0.25) is 0 Å². The van der Waals surface area contributed by atoms with Crippen LogP contribution in [0.5, 0.6) is 5.75 Å². The van der Waals surface area contributed by atoms with E-state index in [0.29, 0.717) is 17.8 Å². The number of hydrogen-bond donors (Lipinski definition) is 1. The van der Waals surface area contributed by atoms with Gasteiger partial charge in [0, 0.05) is 19.7 Å². The van der Waals surface area contributed by atoms with Gasteiger partial charge in [0.1, 0.15) is 11.6 Å². The average molecular weight is 313 g/mol. The molecule has 0 aliphatic heterocycles. The van der Waals surface area contributed by atoms with Crippen LogP contribution >= 0.6 is 0 Å². The number of nitriles is 1. The summed E-state index contributed by atoms with van der Waals surface area (Å²) in [5, 5.41) is 11.6. The van der Waals surface area contributed by atoms with E-state index in [1.165, 1.54) is 30.2 Å². The number of methoxy groups -OCH3 is 1. The first kappa shape index (κ1) is 16.3. The van der Waals surface area contributed by atoms with Gasteiger partial charge in [0.25, 0.3) is 0 Å². The number of carbonyl (C=O) groups is 1. The minimum Gasteiger partial charge on any atom is -0.494 e. The molecule has 0 fully saturated rings. The third kappa shape index (κ3) is 4.20. The van der Waals surface area contributed by atoms with Crippen LogP contribution in [0.4, 0.5) is 14.9 Å². The van der Waals surface area contributed by atoms with Crippen LogP contribution in [0.25, 0.3) is 0 Å². The number of carbonyl (C=O) groups excluding carboxylic acids is 1. The number of ether oxygens (including phenoxy) is 1. The zero-order valence-corrected chi connectivity index (χ0v) is 12.8. The Morgan fingerprint density at radius 2 is 2.13 bits per heavy atom. The Bertz CT molecular complexity index is 756. The number of urea groups is 1. The molecule has 2 aromatic rings. The monoisotopic (exact) mass is 313 g/mol. The molecule has 2 amide bonds. The minimum atomic E-state index is -0.443. The number of nitrogens with zero attached hydrogens (tertiary/aromatic N) is 2. The van der Waals surface area contributed by atoms with Gasteiger partial charge in [-0.15, -0.1) is 0 Å². The van der Waals surface area contributed by atoms with Crippen molar-refractivity contribution in [3.05, 3.63) is 59.4 Å². The van der Waals surface area contributed by atoms with Gasteiger partial charge in [-0.25, -0.2) is 9.18 Å². The molecule has 0 saturated heterocycles. The molecule has 0 heterocycles. The maximum atomic E-state index is 13.2. The minimum absolute atomic E-state index is 0.248. The molecule has 0 bridgehead atoms. The SMILES string of the molecule is COc1cc(F)ccc1NC(=O)N(C)Cc1cccc(C#N)c1. The van der Waals surface area contributed by atoms with Gasteiger partial charge in [0.15, 0.2) is 0 Å². The van der Waals surface area contributed by atoms with E-state index in [-0.39, 0.29) is 11.8 Å². The molecule has 0 unspecified atom stereocenters. The van der Waals surface area contributed by atoms with Crippen molar-refractivity contribution in [2.45, 2.75) is 6.54 Å². The fourth-order valence-corrected chi connectivity index (χ4v) is 2.06. The van der Waals surface area contributed by atoms with Crippen molar-refractivity contribution in [2.24, 2.45) is 0 Å². The summed E-state index contributed by atoms with van der Waals surface area (Å²) in [4.78, 5) is 13.7. The molecule has 0 atom stereocenters. The third-order valence-corrected chi connectivity index (χ3v) is 3.23. The second-order valence-electron chi connectivity index (χ2n) is 4.94. The lowest BCUT2D eigenvalue weighted by Crippen LogP contribution is -2.31. The summed E-state index contributed by atoms with van der Waals surface area (Å²) >= 11 is 0. The van der Waals surface area contributed by atoms with Gasteiger partial charge in [-0.1, -0.05) is 12.1 Å². The number of anilines is 1. The number of halogens is 1. The van der Waals surface area contributed by atoms with Crippen LogP contribution in [0.2, 0.25) is 0 Å². The van der Waals surface area contributed by atoms with E-state index in [2.05, 4.69) is 11.4 Å². The molecule has 6 heteroatoms. The first-order valence-corrected chi connectivity index (χ1v) is 6.88. The van der Waals surface area contributed by atoms with E-state index in [4.69, 9.17) is 10.00 Å². The number of nitrogens with one attached hydrogen (secondary N) is 1. The molecule has 0 spiro atoms. The quantitative estimate of drug-likeness (QED) is 0.941. The van der Waals surface area contributed by atoms with Crippen LogP contribution in [0.3, 0.4) is 0 Å². The summed E-state index contributed by atoms with van der Waals surface area (Å²) in [7, 11) is 3.03. The van der Waals surface area contributed by atoms with Gasteiger partial charge in [-0.05, 0) is 29.8 Å². The zero-order chi connectivity index (χ0) is 16.8. The highest BCUT2D eigenvalue weighted by Crippen LogP contribution is 2.25. The van der Waals surface area contributed by atoms with Crippen molar-refractivity contribution in [1.29, 1.82) is 5.26 Å². The van der Waals surface area contributed by atoms with Crippen LogP contribution in [-0.4, -0.2) is 25.1 Å². The Labute approximate surface area is 133 Å². The zero-order valence-electron chi connectivity index (χ0n) is 12.8. The Balaban J connectivity index is 2.07. The summed E-state index contributed by atoms with van der Waals surface area (Å²) in [6.07, 6.45) is 0. The van der Waals surface area contributed by atoms with Gasteiger partial charge in [0.05, 0.1) is 24.4 Å². The second-order valence-corrected chi connectivity index (χ2v) is 4.94. The fraction of sp³-hybridized carbons (Fsp3) is 0.176. The molecule has 0 radical (unpaired) electrons. The fourth-order valence-electron chi connectivity index (χ4n) is 2.06. The lowest BCUT2D eigenvalue weighted by Gasteiger charge is -2.19. The Morgan fingerprint density at radius 3 is 2.83 bits per heavy atom. The lowest BCUT2D eigenvalue weighted by atomic mass is 10.1. The molecule has 118 valence electrons. The van der Waals surface area contributed by atoms with Crippen LogP contribution in [0.1, 0.15) is 11.1 Å². The largest absolute Gasteiger partial charge is 0.494 e. The molecule has 0 aliphatic carbocycles. The van der Waals surface area contributed by atoms with Crippen LogP contribution in [-0.2, 0) is 6.54 Å². The van der Waals surface area contributed by atoms with Crippen LogP contribution < -0.4 is 10.1 Å². The van der Waals surface area contributed by atoms with E-state index in [1.807, 2.05) is 6.07 Å². The average Bonchev–Trinajstić information content (AvgIpc) is 2.56. The second kappa shape index (κ2) is 7.27. The maximum absolute atomic E-state index is 13.2. The Morgan fingerprint density at radius 1 is 1.35 bits per heavy atom. The normalized spacial score (nSPS) is 9.83. The van der Waals surface area contributed by atoms with Crippen LogP contribution in [0, 0.1) is 17.1 Å². The van der Waals surface area contributed by atoms with Gasteiger partial charge in [-0.2, -0.15) is 5.26 Å². The highest BCUT2D eigenvalue weighted by Gasteiger charge is 2.13. The first-order chi connectivity index (χ1) is 11.0. The molecular formula is C17H16FN3O2. The summed E-state index contributed by atoms with van der Waals surface area (Å²) in [5.74, 6) is -0.195. The maximum Gasteiger partial charge on any atom is 0.321 e. The van der Waals surface area contributed by atoms with Crippen molar-refractivity contribution in [2.75, 3.05) is 19.5 Å². The predicted octanol–water partition coefficient (Wildman–Crippen LogP) is 3.37. The predicted molar refractivity (Wildman–Crippen MR) is 84.6 cm³/mol. The van der Waals surface area contributed by atoms with Crippen molar-refractivity contribution in [3.8, 4) is 11.8 Å². The smallest absolute Gasteiger partial charge is 0.321 e. The molecule has 0 aliphatic rings. The lowest BCUT2D eigenvalue weighted by molar-refractivity contribution is 0.220. The van der Waals surface area contributed by atoms with E-state index >= 15 is 0 Å². The van der Waals surface area contributed by atoms with Crippen molar-refractivity contribution < 1.29 is 13.9 Å². The summed E-state index contributed by atoms with van der Waals surface area (Å²) in [6, 6.07) is 12.6. The Hall–Kier alpha value is -3.07. The number of amides is 2. The van der Waals surface area contributed by atoms with Crippen molar-refractivity contribution >= 4 is 11.7 Å². The molecule has 2 rings (SSSR count). The van der Waals surface area contributed by atoms with E-state index < -0.39 is 5.82 Å². The van der Waals surface area contributed by atoms with E-state index in [0.717, 1.165) is 5.56 Å². The Kier molecular flexibility index (Phi) is 5.15. The number of hydrogen-bond acceptors (Lipinski definition) is 3. The summed E-state index contributed by atoms with van der Waals surface area (Å²) < 4.78 is 18.2. The molecule has 0 saturated carbocycles. The molecule has 23 heavy (non-hydrogen) atoms. The van der Waals surface area contributed by atoms with Gasteiger partial charge in [0.2, 0.25) is 0 Å². The number of benzene rings is 2. The molecule has 0 aromatic heterocycles. The molecular weight excluding hydrogens is 297 g/mol. The molecule has 2 aromatic carbocycles. The first-order valence-electron chi connectivity index (χ1n) is 6.88. The van der Waals surface area contributed by atoms with Gasteiger partial charge < -0.3 is 15.0 Å². The van der Waals surface area contributed by atoms with E-state index in [1.54, 1.807) is 25.2 Å². The molecule has 5 nitrogen and oxygen atoms in total. The highest BCUT2D eigenvalue weighted by atomic mass is 19.1. The van der Waals surface area contributed by atoms with Crippen molar-refractivity contribution in [1.82, 2.24) is 4.90 Å². The van der Waals surface area contributed by atoms with Crippen LogP contribution in [0.15, 0.2) is 42.5 Å². The molecule has 1 N–H and O–H groups in total. The number of rotatable bonds is 4. The topological polar surface area (TPSA) is 65.4 Å². The highest BCUT2D eigenvalue weighted by molar-refractivity contribution is 5.90. The van der Waals surface area contributed by atoms with Gasteiger partial charge >= 0.3 is 6.03 Å². The summed E-state index contributed by atoms with van der Waals surface area (Å²) in [6.45, 7) is 0.338. The van der Waals surface area contributed by atoms with Crippen molar-refractivity contribution in [3.63, 3.8) is 0 Å². The summed E-state index contributed by atoms with van der Waals surface area (Å²) in [5.41, 5.74) is 1.76. The van der Waals surface area contributed by atoms with E-state index in [9.17, 15) is 9.18 Å².